The van der Waals surface area contributed by atoms with Crippen LogP contribution in [-0.2, 0) is 11.3 Å². The lowest BCUT2D eigenvalue weighted by Crippen LogP contribution is -2.60. The van der Waals surface area contributed by atoms with Crippen LogP contribution in [0, 0.1) is 17.3 Å². The molecular formula is C22H36N4O3. The van der Waals surface area contributed by atoms with Crippen LogP contribution in [-0.4, -0.2) is 58.6 Å². The first kappa shape index (κ1) is 20.7. The second-order valence-electron chi connectivity index (χ2n) is 9.96. The number of aliphatic hydroxyl groups excluding tert-OH is 1. The summed E-state index contributed by atoms with van der Waals surface area (Å²) in [7, 11) is 1.80. The average Bonchev–Trinajstić information content (AvgIpc) is 2.90. The summed E-state index contributed by atoms with van der Waals surface area (Å²) < 4.78 is 7.35. The Hall–Kier alpha value is -1.60. The van der Waals surface area contributed by atoms with Crippen LogP contribution >= 0.6 is 0 Å². The van der Waals surface area contributed by atoms with Crippen molar-refractivity contribution in [2.24, 2.45) is 17.3 Å². The van der Waals surface area contributed by atoms with Crippen molar-refractivity contribution in [3.05, 3.63) is 12.0 Å². The summed E-state index contributed by atoms with van der Waals surface area (Å²) in [5.74, 6) is 1.75. The molecule has 7 nitrogen and oxygen atoms in total. The van der Waals surface area contributed by atoms with Gasteiger partial charge >= 0.3 is 0 Å². The summed E-state index contributed by atoms with van der Waals surface area (Å²) in [6.45, 7) is 6.91. The van der Waals surface area contributed by atoms with Gasteiger partial charge in [-0.2, -0.15) is 0 Å². The number of aromatic nitrogens is 2. The third kappa shape index (κ3) is 4.17. The Morgan fingerprint density at radius 1 is 1.28 bits per heavy atom. The molecule has 0 bridgehead atoms. The van der Waals surface area contributed by atoms with Crippen molar-refractivity contribution in [3.8, 4) is 0 Å². The Morgan fingerprint density at radius 2 is 1.97 bits per heavy atom. The normalized spacial score (nSPS) is 26.1. The number of imidazole rings is 1. The highest BCUT2D eigenvalue weighted by Crippen LogP contribution is 2.34. The Morgan fingerprint density at radius 3 is 2.59 bits per heavy atom. The SMILES string of the molecule is CC(CC1CCCCCC1)Cn1cnc2c1C(=O)N(CC1(C)COC1)C(O)N2C. The fraction of sp³-hybridized carbons (Fsp3) is 0.818. The Balaban J connectivity index is 1.48. The molecule has 0 spiro atoms. The first-order chi connectivity index (χ1) is 13.9. The number of hydrogen-bond acceptors (Lipinski definition) is 5. The maximum Gasteiger partial charge on any atom is 0.277 e. The van der Waals surface area contributed by atoms with E-state index < -0.39 is 6.35 Å². The lowest BCUT2D eigenvalue weighted by molar-refractivity contribution is -0.126. The van der Waals surface area contributed by atoms with Gasteiger partial charge in [0.25, 0.3) is 5.91 Å². The van der Waals surface area contributed by atoms with Crippen molar-refractivity contribution in [2.75, 3.05) is 31.7 Å². The summed E-state index contributed by atoms with van der Waals surface area (Å²) in [6.07, 6.45) is 10.1. The minimum Gasteiger partial charge on any atom is -0.380 e. The van der Waals surface area contributed by atoms with E-state index in [2.05, 4.69) is 18.8 Å². The van der Waals surface area contributed by atoms with Crippen molar-refractivity contribution in [1.82, 2.24) is 14.5 Å². The monoisotopic (exact) mass is 404 g/mol. The molecule has 0 radical (unpaired) electrons. The van der Waals surface area contributed by atoms with Gasteiger partial charge in [0.1, 0.15) is 0 Å². The van der Waals surface area contributed by atoms with Gasteiger partial charge in [-0.15, -0.1) is 0 Å². The number of ether oxygens (including phenoxy) is 1. The van der Waals surface area contributed by atoms with Crippen LogP contribution in [0.4, 0.5) is 5.82 Å². The fourth-order valence-electron chi connectivity index (χ4n) is 5.23. The lowest BCUT2D eigenvalue weighted by atomic mass is 9.88. The van der Waals surface area contributed by atoms with Gasteiger partial charge in [0.2, 0.25) is 6.35 Å². The molecule has 1 N–H and O–H groups in total. The summed E-state index contributed by atoms with van der Waals surface area (Å²) >= 11 is 0. The van der Waals surface area contributed by atoms with Crippen LogP contribution in [0.5, 0.6) is 0 Å². The van der Waals surface area contributed by atoms with E-state index in [1.54, 1.807) is 23.2 Å². The number of amides is 1. The first-order valence-electron chi connectivity index (χ1n) is 11.2. The average molecular weight is 405 g/mol. The van der Waals surface area contributed by atoms with Gasteiger partial charge in [0, 0.05) is 25.6 Å². The Kier molecular flexibility index (Phi) is 5.89. The predicted molar refractivity (Wildman–Crippen MR) is 112 cm³/mol. The van der Waals surface area contributed by atoms with Gasteiger partial charge in [-0.1, -0.05) is 52.4 Å². The Labute approximate surface area is 174 Å². The van der Waals surface area contributed by atoms with Gasteiger partial charge in [-0.05, 0) is 18.3 Å². The second kappa shape index (κ2) is 8.26. The van der Waals surface area contributed by atoms with Gasteiger partial charge in [-0.25, -0.2) is 4.98 Å². The number of carbonyl (C=O) groups is 1. The van der Waals surface area contributed by atoms with Crippen molar-refractivity contribution in [3.63, 3.8) is 0 Å². The highest BCUT2D eigenvalue weighted by atomic mass is 16.5. The fourth-order valence-corrected chi connectivity index (χ4v) is 5.23. The molecule has 29 heavy (non-hydrogen) atoms. The van der Waals surface area contributed by atoms with Crippen LogP contribution < -0.4 is 4.90 Å². The van der Waals surface area contributed by atoms with E-state index in [1.165, 1.54) is 44.9 Å². The minimum atomic E-state index is -0.987. The van der Waals surface area contributed by atoms with E-state index in [0.29, 0.717) is 37.2 Å². The van der Waals surface area contributed by atoms with E-state index in [9.17, 15) is 9.90 Å². The summed E-state index contributed by atoms with van der Waals surface area (Å²) in [5.41, 5.74) is 0.515. The maximum atomic E-state index is 13.3. The van der Waals surface area contributed by atoms with Gasteiger partial charge < -0.3 is 19.3 Å². The predicted octanol–water partition coefficient (Wildman–Crippen LogP) is 3.08. The van der Waals surface area contributed by atoms with Gasteiger partial charge in [0.15, 0.2) is 11.5 Å². The first-order valence-corrected chi connectivity index (χ1v) is 11.2. The van der Waals surface area contributed by atoms with E-state index >= 15 is 0 Å². The van der Waals surface area contributed by atoms with Gasteiger partial charge in [-0.3, -0.25) is 9.69 Å². The zero-order chi connectivity index (χ0) is 20.6. The topological polar surface area (TPSA) is 70.8 Å². The van der Waals surface area contributed by atoms with Gasteiger partial charge in [0.05, 0.1) is 19.5 Å². The van der Waals surface area contributed by atoms with Crippen LogP contribution in [0.1, 0.15) is 69.3 Å². The quantitative estimate of drug-likeness (QED) is 0.738. The third-order valence-corrected chi connectivity index (χ3v) is 6.91. The standard InChI is InChI=1S/C22H36N4O3/c1-16(10-17-8-6-4-5-7-9-17)11-25-15-23-19-18(25)20(27)26(21(28)24(19)3)12-22(2)13-29-14-22/h15-17,21,28H,4-14H2,1-3H3. The largest absolute Gasteiger partial charge is 0.380 e. The van der Waals surface area contributed by atoms with Crippen LogP contribution in [0.3, 0.4) is 0 Å². The number of hydrogen-bond donors (Lipinski definition) is 1. The van der Waals surface area contributed by atoms with Crippen molar-refractivity contribution in [2.45, 2.75) is 71.7 Å². The number of anilines is 1. The molecule has 1 aromatic heterocycles. The molecule has 3 aliphatic rings. The molecule has 7 heteroatoms. The van der Waals surface area contributed by atoms with Crippen LogP contribution in [0.2, 0.25) is 0 Å². The molecule has 1 aliphatic carbocycles. The molecule has 2 aliphatic heterocycles. The molecular weight excluding hydrogens is 368 g/mol. The molecule has 3 heterocycles. The molecule has 2 fully saturated rings. The van der Waals surface area contributed by atoms with Crippen molar-refractivity contribution in [1.29, 1.82) is 0 Å². The summed E-state index contributed by atoms with van der Waals surface area (Å²) in [6, 6.07) is 0. The van der Waals surface area contributed by atoms with E-state index in [-0.39, 0.29) is 11.3 Å². The zero-order valence-corrected chi connectivity index (χ0v) is 18.1. The molecule has 1 amide bonds. The molecule has 162 valence electrons. The molecule has 4 rings (SSSR count). The zero-order valence-electron chi connectivity index (χ0n) is 18.1. The number of nitrogens with zero attached hydrogens (tertiary/aromatic N) is 4. The van der Waals surface area contributed by atoms with Crippen LogP contribution in [0.25, 0.3) is 0 Å². The summed E-state index contributed by atoms with van der Waals surface area (Å²) in [5, 5.41) is 10.7. The highest BCUT2D eigenvalue weighted by Gasteiger charge is 2.44. The van der Waals surface area contributed by atoms with E-state index in [1.807, 2.05) is 4.57 Å². The number of rotatable bonds is 6. The van der Waals surface area contributed by atoms with Crippen molar-refractivity contribution >= 4 is 11.7 Å². The number of fused-ring (bicyclic) bond motifs is 1. The van der Waals surface area contributed by atoms with Crippen molar-refractivity contribution < 1.29 is 14.6 Å². The summed E-state index contributed by atoms with van der Waals surface area (Å²) in [4.78, 5) is 21.1. The van der Waals surface area contributed by atoms with E-state index in [0.717, 1.165) is 12.5 Å². The second-order valence-corrected chi connectivity index (χ2v) is 9.96. The number of carbonyl (C=O) groups excluding carboxylic acids is 1. The molecule has 1 aromatic rings. The number of aliphatic hydroxyl groups is 1. The van der Waals surface area contributed by atoms with E-state index in [4.69, 9.17) is 4.74 Å². The molecule has 1 saturated carbocycles. The maximum absolute atomic E-state index is 13.3. The smallest absolute Gasteiger partial charge is 0.277 e. The molecule has 2 atom stereocenters. The molecule has 0 aromatic carbocycles. The minimum absolute atomic E-state index is 0.0907. The molecule has 1 saturated heterocycles. The molecule has 2 unspecified atom stereocenters. The Bertz CT molecular complexity index is 722. The van der Waals surface area contributed by atoms with Crippen LogP contribution in [0.15, 0.2) is 6.33 Å². The lowest BCUT2D eigenvalue weighted by Gasteiger charge is -2.46. The third-order valence-electron chi connectivity index (χ3n) is 6.91. The highest BCUT2D eigenvalue weighted by molar-refractivity contribution is 5.99.